The smallest absolute Gasteiger partial charge is 0.282 e. The molecule has 2 heterocycles. The Labute approximate surface area is 180 Å². The van der Waals surface area contributed by atoms with Crippen LogP contribution in [0.1, 0.15) is 16.7 Å². The largest absolute Gasteiger partial charge is 0.336 e. The summed E-state index contributed by atoms with van der Waals surface area (Å²) in [7, 11) is 0. The van der Waals surface area contributed by atoms with Gasteiger partial charge >= 0.3 is 0 Å². The summed E-state index contributed by atoms with van der Waals surface area (Å²) in [6, 6.07) is 22.7. The van der Waals surface area contributed by atoms with E-state index in [1.165, 1.54) is 10.5 Å². The van der Waals surface area contributed by atoms with Crippen LogP contribution >= 0.6 is 11.6 Å². The number of aryl methyl sites for hydroxylation is 1. The minimum Gasteiger partial charge on any atom is -0.336 e. The lowest BCUT2D eigenvalue weighted by atomic mass is 10.0. The molecule has 0 saturated heterocycles. The number of nitrogens with zero attached hydrogens (tertiary/aromatic N) is 2. The molecule has 0 aromatic heterocycles. The first-order valence-corrected chi connectivity index (χ1v) is 10.2. The van der Waals surface area contributed by atoms with Crippen LogP contribution in [0.3, 0.4) is 0 Å². The van der Waals surface area contributed by atoms with Crippen LogP contribution in [0.15, 0.2) is 78.5 Å². The summed E-state index contributed by atoms with van der Waals surface area (Å²) in [5, 5.41) is 0.484. The highest BCUT2D eigenvalue weighted by Gasteiger charge is 2.44. The average Bonchev–Trinajstić information content (AvgIpc) is 3.29. The molecule has 4 nitrogen and oxygen atoms in total. The van der Waals surface area contributed by atoms with E-state index >= 15 is 0 Å². The van der Waals surface area contributed by atoms with Gasteiger partial charge in [0.2, 0.25) is 0 Å². The highest BCUT2D eigenvalue weighted by molar-refractivity contribution is 6.46. The molecule has 0 saturated carbocycles. The number of hydrogen-bond acceptors (Lipinski definition) is 3. The molecule has 2 amide bonds. The predicted molar refractivity (Wildman–Crippen MR) is 120 cm³/mol. The highest BCUT2D eigenvalue weighted by atomic mass is 35.5. The van der Waals surface area contributed by atoms with Gasteiger partial charge in [-0.05, 0) is 48.2 Å². The summed E-state index contributed by atoms with van der Waals surface area (Å²) < 4.78 is 0. The van der Waals surface area contributed by atoms with Gasteiger partial charge in [0.15, 0.2) is 0 Å². The Bertz CT molecular complexity index is 1220. The Morgan fingerprint density at radius 2 is 1.57 bits per heavy atom. The number of carbonyl (C=O) groups excluding carboxylic acids is 2. The zero-order chi connectivity index (χ0) is 20.8. The fourth-order valence-electron chi connectivity index (χ4n) is 4.25. The van der Waals surface area contributed by atoms with Gasteiger partial charge in [-0.25, -0.2) is 4.90 Å². The number of hydrogen-bond donors (Lipinski definition) is 0. The lowest BCUT2D eigenvalue weighted by Gasteiger charge is -2.22. The molecule has 0 fully saturated rings. The average molecular weight is 415 g/mol. The Hall–Kier alpha value is -3.37. The summed E-state index contributed by atoms with van der Waals surface area (Å²) >= 11 is 6.20. The molecule has 0 bridgehead atoms. The summed E-state index contributed by atoms with van der Waals surface area (Å²) in [5.74, 6) is -0.642. The van der Waals surface area contributed by atoms with E-state index in [0.717, 1.165) is 23.2 Å². The molecule has 0 atom stereocenters. The molecule has 148 valence electrons. The van der Waals surface area contributed by atoms with Crippen molar-refractivity contribution in [2.75, 3.05) is 16.3 Å². The monoisotopic (exact) mass is 414 g/mol. The SMILES string of the molecule is Cc1ccc(Cl)cc1N1C(=O)C(c2ccccc2)=C(N2CCc3ccccc32)C1=O. The third kappa shape index (κ3) is 2.84. The molecule has 0 N–H and O–H groups in total. The van der Waals surface area contributed by atoms with Crippen LogP contribution in [-0.4, -0.2) is 18.4 Å². The number of anilines is 2. The quantitative estimate of drug-likeness (QED) is 0.566. The van der Waals surface area contributed by atoms with Crippen molar-refractivity contribution >= 4 is 40.4 Å². The molecule has 3 aromatic rings. The molecule has 2 aliphatic heterocycles. The number of amides is 2. The van der Waals surface area contributed by atoms with Crippen LogP contribution in [0.2, 0.25) is 5.02 Å². The molecule has 30 heavy (non-hydrogen) atoms. The van der Waals surface area contributed by atoms with Gasteiger partial charge in [0.1, 0.15) is 5.70 Å². The maximum Gasteiger partial charge on any atom is 0.282 e. The van der Waals surface area contributed by atoms with E-state index < -0.39 is 0 Å². The molecule has 3 aromatic carbocycles. The highest BCUT2D eigenvalue weighted by Crippen LogP contribution is 2.41. The van der Waals surface area contributed by atoms with Crippen molar-refractivity contribution in [2.24, 2.45) is 0 Å². The third-order valence-electron chi connectivity index (χ3n) is 5.69. The van der Waals surface area contributed by atoms with Crippen LogP contribution in [0.5, 0.6) is 0 Å². The van der Waals surface area contributed by atoms with Crippen LogP contribution < -0.4 is 9.80 Å². The van der Waals surface area contributed by atoms with Gasteiger partial charge in [0.05, 0.1) is 11.3 Å². The minimum atomic E-state index is -0.323. The lowest BCUT2D eigenvalue weighted by molar-refractivity contribution is -0.120. The number of para-hydroxylation sites is 1. The summed E-state index contributed by atoms with van der Waals surface area (Å²) in [5.41, 5.74) is 5.08. The predicted octanol–water partition coefficient (Wildman–Crippen LogP) is 5.00. The lowest BCUT2D eigenvalue weighted by Crippen LogP contribution is -2.35. The molecule has 5 rings (SSSR count). The molecular weight excluding hydrogens is 396 g/mol. The van der Waals surface area contributed by atoms with Crippen molar-refractivity contribution in [3.8, 4) is 0 Å². The fraction of sp³-hybridized carbons (Fsp3) is 0.120. The standard InChI is InChI=1S/C25H19ClN2O2/c1-16-11-12-19(26)15-21(16)28-24(29)22(18-8-3-2-4-9-18)23(25(28)30)27-14-13-17-7-5-6-10-20(17)27/h2-12,15H,13-14H2,1H3. The second-order valence-corrected chi connectivity index (χ2v) is 7.93. The van der Waals surface area contributed by atoms with Crippen molar-refractivity contribution < 1.29 is 9.59 Å². The van der Waals surface area contributed by atoms with Gasteiger partial charge in [0.25, 0.3) is 11.8 Å². The van der Waals surface area contributed by atoms with Gasteiger partial charge < -0.3 is 4.90 Å². The Morgan fingerprint density at radius 1 is 0.833 bits per heavy atom. The Balaban J connectivity index is 1.71. The van der Waals surface area contributed by atoms with E-state index in [-0.39, 0.29) is 11.8 Å². The number of halogens is 1. The fourth-order valence-corrected chi connectivity index (χ4v) is 4.41. The van der Waals surface area contributed by atoms with Crippen molar-refractivity contribution in [1.82, 2.24) is 0 Å². The van der Waals surface area contributed by atoms with E-state index in [1.807, 2.05) is 66.4 Å². The van der Waals surface area contributed by atoms with Crippen molar-refractivity contribution in [1.29, 1.82) is 0 Å². The molecule has 2 aliphatic rings. The van der Waals surface area contributed by atoms with Crippen molar-refractivity contribution in [3.63, 3.8) is 0 Å². The van der Waals surface area contributed by atoms with Crippen LogP contribution in [0.4, 0.5) is 11.4 Å². The van der Waals surface area contributed by atoms with Crippen LogP contribution in [0.25, 0.3) is 5.57 Å². The molecule has 5 heteroatoms. The zero-order valence-electron chi connectivity index (χ0n) is 16.4. The number of imide groups is 1. The number of fused-ring (bicyclic) bond motifs is 1. The summed E-state index contributed by atoms with van der Waals surface area (Å²) in [4.78, 5) is 30.6. The molecular formula is C25H19ClN2O2. The van der Waals surface area contributed by atoms with Gasteiger partial charge in [-0.15, -0.1) is 0 Å². The molecule has 0 spiro atoms. The maximum atomic E-state index is 13.7. The van der Waals surface area contributed by atoms with Crippen LogP contribution in [0, 0.1) is 6.92 Å². The molecule has 0 radical (unpaired) electrons. The number of rotatable bonds is 3. The topological polar surface area (TPSA) is 40.6 Å². The van der Waals surface area contributed by atoms with E-state index in [1.54, 1.807) is 12.1 Å². The zero-order valence-corrected chi connectivity index (χ0v) is 17.2. The second-order valence-electron chi connectivity index (χ2n) is 7.50. The van der Waals surface area contributed by atoms with E-state index in [0.29, 0.717) is 28.5 Å². The molecule has 0 unspecified atom stereocenters. The Morgan fingerprint density at radius 3 is 2.37 bits per heavy atom. The second kappa shape index (κ2) is 7.15. The number of carbonyl (C=O) groups is 2. The van der Waals surface area contributed by atoms with Crippen molar-refractivity contribution in [2.45, 2.75) is 13.3 Å². The Kier molecular flexibility index (Phi) is 4.44. The van der Waals surface area contributed by atoms with Gasteiger partial charge in [0, 0.05) is 17.3 Å². The van der Waals surface area contributed by atoms with E-state index in [2.05, 4.69) is 6.07 Å². The first-order valence-electron chi connectivity index (χ1n) is 9.86. The van der Waals surface area contributed by atoms with E-state index in [9.17, 15) is 9.59 Å². The van der Waals surface area contributed by atoms with Gasteiger partial charge in [-0.2, -0.15) is 0 Å². The van der Waals surface area contributed by atoms with Gasteiger partial charge in [-0.3, -0.25) is 9.59 Å². The maximum absolute atomic E-state index is 13.7. The molecule has 0 aliphatic carbocycles. The minimum absolute atomic E-state index is 0.319. The van der Waals surface area contributed by atoms with Gasteiger partial charge in [-0.1, -0.05) is 66.2 Å². The number of benzene rings is 3. The van der Waals surface area contributed by atoms with Crippen molar-refractivity contribution in [3.05, 3.63) is 100 Å². The van der Waals surface area contributed by atoms with Crippen LogP contribution in [-0.2, 0) is 16.0 Å². The normalized spacial score (nSPS) is 15.9. The summed E-state index contributed by atoms with van der Waals surface area (Å²) in [6.45, 7) is 2.53. The first kappa shape index (κ1) is 18.6. The first-order chi connectivity index (χ1) is 14.6. The van der Waals surface area contributed by atoms with E-state index in [4.69, 9.17) is 11.6 Å². The summed E-state index contributed by atoms with van der Waals surface area (Å²) in [6.07, 6.45) is 0.833. The third-order valence-corrected chi connectivity index (χ3v) is 5.93.